The summed E-state index contributed by atoms with van der Waals surface area (Å²) in [4.78, 5) is 10.5. The van der Waals surface area contributed by atoms with Crippen LogP contribution in [-0.2, 0) is 4.79 Å². The molecule has 1 atom stereocenters. The van der Waals surface area contributed by atoms with Gasteiger partial charge < -0.3 is 10.2 Å². The summed E-state index contributed by atoms with van der Waals surface area (Å²) in [7, 11) is 0. The van der Waals surface area contributed by atoms with Gasteiger partial charge in [-0.3, -0.25) is 4.79 Å². The van der Waals surface area contributed by atoms with Crippen LogP contribution in [0.15, 0.2) is 11.1 Å². The van der Waals surface area contributed by atoms with Gasteiger partial charge in [-0.2, -0.15) is 0 Å². The quantitative estimate of drug-likeness (QED) is 0.597. The molecule has 1 aliphatic rings. The number of aliphatic hydroxyl groups is 2. The lowest BCUT2D eigenvalue weighted by Crippen LogP contribution is -2.19. The van der Waals surface area contributed by atoms with Crippen molar-refractivity contribution < 1.29 is 15.0 Å². The first kappa shape index (κ1) is 9.42. The third-order valence-electron chi connectivity index (χ3n) is 2.44. The van der Waals surface area contributed by atoms with Crippen LogP contribution in [0.25, 0.3) is 0 Å². The van der Waals surface area contributed by atoms with Gasteiger partial charge in [-0.15, -0.1) is 0 Å². The number of carbonyl (C=O) groups is 1. The summed E-state index contributed by atoms with van der Waals surface area (Å²) in [6, 6.07) is 0. The fourth-order valence-corrected chi connectivity index (χ4v) is 1.70. The maximum absolute atomic E-state index is 10.5. The smallest absolute Gasteiger partial charge is 0.146 e. The van der Waals surface area contributed by atoms with Crippen molar-refractivity contribution in [3.63, 3.8) is 0 Å². The molecular weight excluding hydrogens is 156 g/mol. The Labute approximate surface area is 71.7 Å². The van der Waals surface area contributed by atoms with Crippen LogP contribution in [0.4, 0.5) is 0 Å². The molecule has 68 valence electrons. The standard InChI is InChI=1S/C9H14O3/c10-4-7-2-1-3-8(5-11)9(7)6-12/h4,8,11-12H,1-3,5-6H2. The lowest BCUT2D eigenvalue weighted by molar-refractivity contribution is -0.105. The van der Waals surface area contributed by atoms with E-state index in [0.29, 0.717) is 5.57 Å². The Kier molecular flexibility index (Phi) is 3.44. The van der Waals surface area contributed by atoms with Gasteiger partial charge in [0.25, 0.3) is 0 Å². The van der Waals surface area contributed by atoms with Gasteiger partial charge in [-0.1, -0.05) is 0 Å². The zero-order chi connectivity index (χ0) is 8.97. The largest absolute Gasteiger partial charge is 0.396 e. The van der Waals surface area contributed by atoms with Crippen molar-refractivity contribution >= 4 is 6.29 Å². The minimum absolute atomic E-state index is 0.00366. The van der Waals surface area contributed by atoms with E-state index in [4.69, 9.17) is 10.2 Å². The fraction of sp³-hybridized carbons (Fsp3) is 0.667. The van der Waals surface area contributed by atoms with Crippen LogP contribution in [0.1, 0.15) is 19.3 Å². The molecule has 0 heterocycles. The first-order valence-electron chi connectivity index (χ1n) is 4.22. The van der Waals surface area contributed by atoms with Crippen LogP contribution in [0.2, 0.25) is 0 Å². The molecule has 0 aromatic heterocycles. The number of aliphatic hydroxyl groups excluding tert-OH is 2. The summed E-state index contributed by atoms with van der Waals surface area (Å²) in [6.45, 7) is -0.0630. The first-order valence-corrected chi connectivity index (χ1v) is 4.22. The maximum atomic E-state index is 10.5. The highest BCUT2D eigenvalue weighted by molar-refractivity contribution is 5.75. The van der Waals surface area contributed by atoms with E-state index in [1.54, 1.807) is 0 Å². The van der Waals surface area contributed by atoms with Crippen molar-refractivity contribution in [2.45, 2.75) is 19.3 Å². The van der Waals surface area contributed by atoms with Gasteiger partial charge in [-0.05, 0) is 30.4 Å². The van der Waals surface area contributed by atoms with E-state index >= 15 is 0 Å². The molecule has 0 amide bonds. The van der Waals surface area contributed by atoms with Crippen molar-refractivity contribution in [3.05, 3.63) is 11.1 Å². The van der Waals surface area contributed by atoms with E-state index in [1.807, 2.05) is 0 Å². The van der Waals surface area contributed by atoms with Crippen LogP contribution >= 0.6 is 0 Å². The molecule has 0 bridgehead atoms. The summed E-state index contributed by atoms with van der Waals surface area (Å²) in [5.41, 5.74) is 1.42. The average Bonchev–Trinajstić information content (AvgIpc) is 2.16. The summed E-state index contributed by atoms with van der Waals surface area (Å²) in [5, 5.41) is 17.9. The molecule has 0 radical (unpaired) electrons. The molecule has 2 N–H and O–H groups in total. The second-order valence-electron chi connectivity index (χ2n) is 3.10. The molecular formula is C9H14O3. The molecule has 1 unspecified atom stereocenters. The Balaban J connectivity index is 2.85. The van der Waals surface area contributed by atoms with Crippen molar-refractivity contribution in [1.82, 2.24) is 0 Å². The Morgan fingerprint density at radius 2 is 2.25 bits per heavy atom. The normalized spacial score (nSPS) is 24.3. The number of hydrogen-bond acceptors (Lipinski definition) is 3. The Morgan fingerprint density at radius 3 is 2.75 bits per heavy atom. The highest BCUT2D eigenvalue weighted by Gasteiger charge is 2.21. The van der Waals surface area contributed by atoms with Gasteiger partial charge >= 0.3 is 0 Å². The molecule has 0 aliphatic heterocycles. The van der Waals surface area contributed by atoms with Crippen LogP contribution < -0.4 is 0 Å². The molecule has 3 nitrogen and oxygen atoms in total. The van der Waals surface area contributed by atoms with Crippen molar-refractivity contribution in [2.24, 2.45) is 5.92 Å². The van der Waals surface area contributed by atoms with Gasteiger partial charge in [0.05, 0.1) is 6.61 Å². The van der Waals surface area contributed by atoms with Gasteiger partial charge in [0.15, 0.2) is 0 Å². The number of hydrogen-bond donors (Lipinski definition) is 2. The van der Waals surface area contributed by atoms with Crippen LogP contribution in [0, 0.1) is 5.92 Å². The van der Waals surface area contributed by atoms with E-state index in [1.165, 1.54) is 0 Å². The van der Waals surface area contributed by atoms with E-state index < -0.39 is 0 Å². The van der Waals surface area contributed by atoms with Crippen LogP contribution in [-0.4, -0.2) is 29.7 Å². The monoisotopic (exact) mass is 170 g/mol. The summed E-state index contributed by atoms with van der Waals surface area (Å²) >= 11 is 0. The summed E-state index contributed by atoms with van der Waals surface area (Å²) < 4.78 is 0. The second kappa shape index (κ2) is 4.38. The third kappa shape index (κ3) is 1.73. The lowest BCUT2D eigenvalue weighted by Gasteiger charge is -2.23. The summed E-state index contributed by atoms with van der Waals surface area (Å²) in [6.07, 6.45) is 3.36. The molecule has 0 saturated carbocycles. The highest BCUT2D eigenvalue weighted by atomic mass is 16.3. The number of aldehydes is 1. The van der Waals surface area contributed by atoms with E-state index in [2.05, 4.69) is 0 Å². The second-order valence-corrected chi connectivity index (χ2v) is 3.10. The lowest BCUT2D eigenvalue weighted by atomic mass is 9.84. The number of carbonyl (C=O) groups excluding carboxylic acids is 1. The zero-order valence-electron chi connectivity index (χ0n) is 6.99. The fourth-order valence-electron chi connectivity index (χ4n) is 1.70. The molecule has 3 heteroatoms. The minimum Gasteiger partial charge on any atom is -0.396 e. The van der Waals surface area contributed by atoms with E-state index in [9.17, 15) is 4.79 Å². The molecule has 12 heavy (non-hydrogen) atoms. The Morgan fingerprint density at radius 1 is 1.50 bits per heavy atom. The molecule has 1 rings (SSSR count). The number of allylic oxidation sites excluding steroid dienone is 1. The molecule has 0 aromatic carbocycles. The van der Waals surface area contributed by atoms with Crippen LogP contribution in [0.5, 0.6) is 0 Å². The molecule has 0 fully saturated rings. The maximum Gasteiger partial charge on any atom is 0.146 e. The summed E-state index contributed by atoms with van der Waals surface area (Å²) in [5.74, 6) is 0.00366. The van der Waals surface area contributed by atoms with Crippen LogP contribution in [0.3, 0.4) is 0 Å². The van der Waals surface area contributed by atoms with Gasteiger partial charge in [0, 0.05) is 12.5 Å². The molecule has 0 aromatic rings. The van der Waals surface area contributed by atoms with E-state index in [0.717, 1.165) is 31.1 Å². The zero-order valence-corrected chi connectivity index (χ0v) is 6.99. The predicted molar refractivity (Wildman–Crippen MR) is 44.6 cm³/mol. The SMILES string of the molecule is O=CC1=C(CO)C(CO)CCC1. The van der Waals surface area contributed by atoms with E-state index in [-0.39, 0.29) is 19.1 Å². The average molecular weight is 170 g/mol. The third-order valence-corrected chi connectivity index (χ3v) is 2.44. The van der Waals surface area contributed by atoms with Crippen molar-refractivity contribution in [3.8, 4) is 0 Å². The van der Waals surface area contributed by atoms with Crippen molar-refractivity contribution in [2.75, 3.05) is 13.2 Å². The molecule has 1 aliphatic carbocycles. The van der Waals surface area contributed by atoms with Crippen molar-refractivity contribution in [1.29, 1.82) is 0 Å². The van der Waals surface area contributed by atoms with Gasteiger partial charge in [0.1, 0.15) is 6.29 Å². The predicted octanol–water partition coefficient (Wildman–Crippen LogP) is 0.267. The Bertz CT molecular complexity index is 196. The first-order chi connectivity index (χ1) is 5.83. The Hall–Kier alpha value is -0.670. The number of rotatable bonds is 3. The highest BCUT2D eigenvalue weighted by Crippen LogP contribution is 2.28. The molecule has 0 saturated heterocycles. The topological polar surface area (TPSA) is 57.5 Å². The molecule has 0 spiro atoms. The van der Waals surface area contributed by atoms with Gasteiger partial charge in [-0.25, -0.2) is 0 Å². The van der Waals surface area contributed by atoms with Gasteiger partial charge in [0.2, 0.25) is 0 Å². The minimum atomic E-state index is -0.0979.